The second-order valence-corrected chi connectivity index (χ2v) is 8.63. The van der Waals surface area contributed by atoms with Gasteiger partial charge in [-0.15, -0.1) is 11.3 Å². The highest BCUT2D eigenvalue weighted by Gasteiger charge is 2.29. The third-order valence-corrected chi connectivity index (χ3v) is 6.38. The van der Waals surface area contributed by atoms with Crippen LogP contribution in [0.15, 0.2) is 0 Å². The maximum atomic E-state index is 12.3. The standard InChI is InChI=1S/C19H30N4O2S/c1-4-7-20-17(24)14-5-6-15-16(12-14)26-19(21-15)23-10-8-22(9-11-23)18(25)13(2)3/h13-14H,4-12H2,1-3H3,(H,20,24)/t14-/m0/s1. The van der Waals surface area contributed by atoms with Gasteiger partial charge in [0.2, 0.25) is 11.8 Å². The highest BCUT2D eigenvalue weighted by molar-refractivity contribution is 7.15. The summed E-state index contributed by atoms with van der Waals surface area (Å²) in [6.07, 6.45) is 3.57. The van der Waals surface area contributed by atoms with E-state index in [0.717, 1.165) is 63.5 Å². The van der Waals surface area contributed by atoms with Gasteiger partial charge in [0.25, 0.3) is 0 Å². The first-order chi connectivity index (χ1) is 12.5. The van der Waals surface area contributed by atoms with Crippen molar-refractivity contribution in [3.8, 4) is 0 Å². The number of aryl methyl sites for hydroxylation is 1. The van der Waals surface area contributed by atoms with Crippen molar-refractivity contribution in [2.24, 2.45) is 11.8 Å². The fourth-order valence-electron chi connectivity index (χ4n) is 3.60. The van der Waals surface area contributed by atoms with Gasteiger partial charge < -0.3 is 15.1 Å². The lowest BCUT2D eigenvalue weighted by Crippen LogP contribution is -2.49. The summed E-state index contributed by atoms with van der Waals surface area (Å²) in [7, 11) is 0. The molecule has 0 unspecified atom stereocenters. The lowest BCUT2D eigenvalue weighted by atomic mass is 9.90. The fraction of sp³-hybridized carbons (Fsp3) is 0.737. The van der Waals surface area contributed by atoms with Crippen molar-refractivity contribution in [3.05, 3.63) is 10.6 Å². The van der Waals surface area contributed by atoms with E-state index in [1.165, 1.54) is 10.6 Å². The van der Waals surface area contributed by atoms with E-state index >= 15 is 0 Å². The summed E-state index contributed by atoms with van der Waals surface area (Å²) in [5.74, 6) is 0.574. The number of hydrogen-bond donors (Lipinski definition) is 1. The topological polar surface area (TPSA) is 65.5 Å². The van der Waals surface area contributed by atoms with E-state index in [2.05, 4.69) is 17.1 Å². The number of amides is 2. The van der Waals surface area contributed by atoms with Gasteiger partial charge in [-0.25, -0.2) is 4.98 Å². The van der Waals surface area contributed by atoms with Crippen LogP contribution in [-0.4, -0.2) is 54.4 Å². The number of aromatic nitrogens is 1. The zero-order valence-electron chi connectivity index (χ0n) is 16.1. The SMILES string of the molecule is CCCNC(=O)[C@H]1CCc2nc(N3CCN(C(=O)C(C)C)CC3)sc2C1. The largest absolute Gasteiger partial charge is 0.356 e. The van der Waals surface area contributed by atoms with Crippen LogP contribution >= 0.6 is 11.3 Å². The van der Waals surface area contributed by atoms with Gasteiger partial charge in [-0.2, -0.15) is 0 Å². The van der Waals surface area contributed by atoms with Crippen LogP contribution in [0.2, 0.25) is 0 Å². The number of rotatable bonds is 5. The molecular formula is C19H30N4O2S. The average Bonchev–Trinajstić information content (AvgIpc) is 3.08. The van der Waals surface area contributed by atoms with Crippen LogP contribution < -0.4 is 10.2 Å². The minimum Gasteiger partial charge on any atom is -0.356 e. The van der Waals surface area contributed by atoms with Crippen molar-refractivity contribution in [1.82, 2.24) is 15.2 Å². The summed E-state index contributed by atoms with van der Waals surface area (Å²) in [6, 6.07) is 0. The molecule has 0 bridgehead atoms. The minimum absolute atomic E-state index is 0.0597. The molecule has 0 spiro atoms. The molecule has 2 amide bonds. The molecule has 1 saturated heterocycles. The van der Waals surface area contributed by atoms with Crippen LogP contribution in [0.25, 0.3) is 0 Å². The number of nitrogens with one attached hydrogen (secondary N) is 1. The average molecular weight is 379 g/mol. The van der Waals surface area contributed by atoms with E-state index in [4.69, 9.17) is 4.98 Å². The number of fused-ring (bicyclic) bond motifs is 1. The fourth-order valence-corrected chi connectivity index (χ4v) is 4.83. The van der Waals surface area contributed by atoms with Gasteiger partial charge in [-0.3, -0.25) is 9.59 Å². The molecule has 0 radical (unpaired) electrons. The predicted octanol–water partition coefficient (Wildman–Crippen LogP) is 2.08. The summed E-state index contributed by atoms with van der Waals surface area (Å²) in [5.41, 5.74) is 1.17. The molecule has 1 fully saturated rings. The Morgan fingerprint density at radius 1 is 1.27 bits per heavy atom. The second kappa shape index (κ2) is 8.37. The number of nitrogens with zero attached hydrogens (tertiary/aromatic N) is 3. The molecule has 2 heterocycles. The number of carbonyl (C=O) groups excluding carboxylic acids is 2. The Bertz CT molecular complexity index is 650. The lowest BCUT2D eigenvalue weighted by Gasteiger charge is -2.35. The number of hydrogen-bond acceptors (Lipinski definition) is 5. The third kappa shape index (κ3) is 4.19. The molecule has 1 aliphatic heterocycles. The van der Waals surface area contributed by atoms with Crippen LogP contribution in [0.5, 0.6) is 0 Å². The Balaban J connectivity index is 1.59. The van der Waals surface area contributed by atoms with Crippen molar-refractivity contribution < 1.29 is 9.59 Å². The molecule has 1 N–H and O–H groups in total. The van der Waals surface area contributed by atoms with Crippen LogP contribution in [-0.2, 0) is 22.4 Å². The maximum Gasteiger partial charge on any atom is 0.225 e. The van der Waals surface area contributed by atoms with Crippen LogP contribution in [0.3, 0.4) is 0 Å². The molecule has 0 saturated carbocycles. The van der Waals surface area contributed by atoms with Crippen molar-refractivity contribution in [2.45, 2.75) is 46.5 Å². The maximum absolute atomic E-state index is 12.3. The van der Waals surface area contributed by atoms with Crippen molar-refractivity contribution in [1.29, 1.82) is 0 Å². The van der Waals surface area contributed by atoms with Gasteiger partial charge in [0.05, 0.1) is 5.69 Å². The number of anilines is 1. The van der Waals surface area contributed by atoms with Crippen LogP contribution in [0.4, 0.5) is 5.13 Å². The zero-order valence-corrected chi connectivity index (χ0v) is 16.9. The first kappa shape index (κ1) is 19.1. The Morgan fingerprint density at radius 2 is 2.00 bits per heavy atom. The third-order valence-electron chi connectivity index (χ3n) is 5.20. The van der Waals surface area contributed by atoms with Crippen molar-refractivity contribution in [2.75, 3.05) is 37.6 Å². The molecule has 1 atom stereocenters. The quantitative estimate of drug-likeness (QED) is 0.852. The van der Waals surface area contributed by atoms with E-state index in [1.54, 1.807) is 11.3 Å². The second-order valence-electron chi connectivity index (χ2n) is 7.56. The van der Waals surface area contributed by atoms with Crippen molar-refractivity contribution >= 4 is 28.3 Å². The molecular weight excluding hydrogens is 348 g/mol. The van der Waals surface area contributed by atoms with E-state index in [-0.39, 0.29) is 23.7 Å². The van der Waals surface area contributed by atoms with Crippen LogP contribution in [0.1, 0.15) is 44.2 Å². The molecule has 1 aromatic rings. The predicted molar refractivity (Wildman–Crippen MR) is 105 cm³/mol. The summed E-state index contributed by atoms with van der Waals surface area (Å²) >= 11 is 1.73. The van der Waals surface area contributed by atoms with Gasteiger partial charge in [0.15, 0.2) is 5.13 Å². The molecule has 1 aliphatic carbocycles. The molecule has 0 aromatic carbocycles. The molecule has 1 aromatic heterocycles. The Morgan fingerprint density at radius 3 is 2.65 bits per heavy atom. The van der Waals surface area contributed by atoms with Gasteiger partial charge in [0, 0.05) is 49.4 Å². The Hall–Kier alpha value is -1.63. The molecule has 7 heteroatoms. The van der Waals surface area contributed by atoms with Gasteiger partial charge in [0.1, 0.15) is 0 Å². The molecule has 3 rings (SSSR count). The minimum atomic E-state index is 0.0597. The first-order valence-corrected chi connectivity index (χ1v) is 10.6. The zero-order chi connectivity index (χ0) is 18.7. The summed E-state index contributed by atoms with van der Waals surface area (Å²) in [4.78, 5) is 34.8. The molecule has 6 nitrogen and oxygen atoms in total. The molecule has 144 valence electrons. The van der Waals surface area contributed by atoms with Crippen molar-refractivity contribution in [3.63, 3.8) is 0 Å². The van der Waals surface area contributed by atoms with Crippen LogP contribution in [0, 0.1) is 11.8 Å². The van der Waals surface area contributed by atoms with E-state index < -0.39 is 0 Å². The normalized spacial score (nSPS) is 20.2. The summed E-state index contributed by atoms with van der Waals surface area (Å²) in [5, 5.41) is 4.08. The Kier molecular flexibility index (Phi) is 6.16. The van der Waals surface area contributed by atoms with Gasteiger partial charge in [-0.1, -0.05) is 20.8 Å². The Labute approximate surface area is 160 Å². The number of thiazole rings is 1. The molecule has 2 aliphatic rings. The van der Waals surface area contributed by atoms with E-state index in [0.29, 0.717) is 0 Å². The van der Waals surface area contributed by atoms with E-state index in [9.17, 15) is 9.59 Å². The van der Waals surface area contributed by atoms with Gasteiger partial charge in [-0.05, 0) is 25.7 Å². The summed E-state index contributed by atoms with van der Waals surface area (Å²) in [6.45, 7) is 9.95. The number of carbonyl (C=O) groups is 2. The summed E-state index contributed by atoms with van der Waals surface area (Å²) < 4.78 is 0. The van der Waals surface area contributed by atoms with Gasteiger partial charge >= 0.3 is 0 Å². The van der Waals surface area contributed by atoms with E-state index in [1.807, 2.05) is 18.7 Å². The monoisotopic (exact) mass is 378 g/mol. The number of piperazine rings is 1. The smallest absolute Gasteiger partial charge is 0.225 e. The lowest BCUT2D eigenvalue weighted by molar-refractivity contribution is -0.134. The first-order valence-electron chi connectivity index (χ1n) is 9.79. The molecule has 26 heavy (non-hydrogen) atoms. The highest BCUT2D eigenvalue weighted by Crippen LogP contribution is 2.34. The highest BCUT2D eigenvalue weighted by atomic mass is 32.1.